The smallest absolute Gasteiger partial charge is 0.372 e. The fourth-order valence-corrected chi connectivity index (χ4v) is 2.93. The third-order valence-electron chi connectivity index (χ3n) is 3.90. The molecule has 0 aliphatic heterocycles. The Balaban J connectivity index is 2.24. The zero-order chi connectivity index (χ0) is 13.6. The number of ether oxygens (including phenoxy) is 1. The summed E-state index contributed by atoms with van der Waals surface area (Å²) >= 11 is 0. The molecule has 3 atom stereocenters. The molecule has 2 nitrogen and oxygen atoms in total. The maximum atomic E-state index is 11.9. The molecule has 0 saturated heterocycles. The molecule has 108 valence electrons. The fraction of sp³-hybridized carbons (Fsp3) is 1.00. The van der Waals surface area contributed by atoms with Crippen LogP contribution in [0.25, 0.3) is 0 Å². The maximum absolute atomic E-state index is 11.9. The van der Waals surface area contributed by atoms with Crippen LogP contribution >= 0.6 is 0 Å². The first-order chi connectivity index (χ1) is 8.44. The topological polar surface area (TPSA) is 35.2 Å². The first kappa shape index (κ1) is 15.8. The van der Waals surface area contributed by atoms with Crippen molar-refractivity contribution in [2.45, 2.75) is 57.7 Å². The van der Waals surface area contributed by atoms with E-state index in [1.807, 2.05) is 0 Å². The highest BCUT2D eigenvalue weighted by Crippen LogP contribution is 2.34. The van der Waals surface area contributed by atoms with Crippen LogP contribution < -0.4 is 5.73 Å². The number of halogens is 3. The quantitative estimate of drug-likeness (QED) is 0.748. The molecule has 2 N–H and O–H groups in total. The number of hydrogen-bond donors (Lipinski definition) is 1. The Hall–Kier alpha value is -0.290. The van der Waals surface area contributed by atoms with Crippen LogP contribution in [-0.4, -0.2) is 25.4 Å². The molecule has 0 spiro atoms. The molecule has 0 bridgehead atoms. The summed E-state index contributed by atoms with van der Waals surface area (Å²) in [5.74, 6) is 1.09. The molecule has 1 saturated carbocycles. The van der Waals surface area contributed by atoms with Crippen LogP contribution in [0, 0.1) is 11.8 Å². The van der Waals surface area contributed by atoms with E-state index in [9.17, 15) is 13.2 Å². The summed E-state index contributed by atoms with van der Waals surface area (Å²) in [6, 6.07) is -0.0246. The Morgan fingerprint density at radius 1 is 1.28 bits per heavy atom. The minimum absolute atomic E-state index is 0.0246. The number of rotatable bonds is 6. The van der Waals surface area contributed by atoms with Gasteiger partial charge in [-0.15, -0.1) is 0 Å². The predicted molar refractivity (Wildman–Crippen MR) is 65.2 cm³/mol. The van der Waals surface area contributed by atoms with Crippen molar-refractivity contribution in [3.05, 3.63) is 0 Å². The standard InChI is InChI=1S/C13H24F3NO/c1-2-10-5-3-4-6-11(10)12(17)7-8-18-9-13(14,15)16/h10-12H,2-9,17H2,1H3. The molecule has 1 aliphatic rings. The van der Waals surface area contributed by atoms with E-state index in [4.69, 9.17) is 5.73 Å². The van der Waals surface area contributed by atoms with Crippen LogP contribution in [0.5, 0.6) is 0 Å². The Labute approximate surface area is 107 Å². The third kappa shape index (κ3) is 5.57. The number of alkyl halides is 3. The summed E-state index contributed by atoms with van der Waals surface area (Å²) in [5.41, 5.74) is 6.10. The van der Waals surface area contributed by atoms with Crippen molar-refractivity contribution in [3.63, 3.8) is 0 Å². The molecule has 3 unspecified atom stereocenters. The van der Waals surface area contributed by atoms with Gasteiger partial charge in [-0.1, -0.05) is 32.6 Å². The van der Waals surface area contributed by atoms with Gasteiger partial charge in [-0.2, -0.15) is 13.2 Å². The van der Waals surface area contributed by atoms with E-state index in [0.29, 0.717) is 18.3 Å². The second kappa shape index (κ2) is 7.34. The van der Waals surface area contributed by atoms with Gasteiger partial charge < -0.3 is 10.5 Å². The lowest BCUT2D eigenvalue weighted by molar-refractivity contribution is -0.174. The Bertz CT molecular complexity index is 233. The molecule has 0 aromatic heterocycles. The van der Waals surface area contributed by atoms with Gasteiger partial charge in [-0.25, -0.2) is 0 Å². The van der Waals surface area contributed by atoms with E-state index in [1.54, 1.807) is 0 Å². The highest BCUT2D eigenvalue weighted by molar-refractivity contribution is 4.82. The molecule has 0 radical (unpaired) electrons. The largest absolute Gasteiger partial charge is 0.411 e. The average Bonchev–Trinajstić information content (AvgIpc) is 2.33. The lowest BCUT2D eigenvalue weighted by Gasteiger charge is -2.35. The van der Waals surface area contributed by atoms with E-state index in [1.165, 1.54) is 19.3 Å². The second-order valence-corrected chi connectivity index (χ2v) is 5.24. The van der Waals surface area contributed by atoms with Crippen LogP contribution in [0.2, 0.25) is 0 Å². The van der Waals surface area contributed by atoms with Crippen molar-refractivity contribution in [2.24, 2.45) is 17.6 Å². The minimum atomic E-state index is -4.24. The summed E-state index contributed by atoms with van der Waals surface area (Å²) in [6.07, 6.45) is 2.17. The summed E-state index contributed by atoms with van der Waals surface area (Å²) in [4.78, 5) is 0. The van der Waals surface area contributed by atoms with E-state index in [0.717, 1.165) is 12.8 Å². The summed E-state index contributed by atoms with van der Waals surface area (Å²) in [7, 11) is 0. The molecule has 1 aliphatic carbocycles. The lowest BCUT2D eigenvalue weighted by Crippen LogP contribution is -2.38. The molecular weight excluding hydrogens is 243 g/mol. The SMILES string of the molecule is CCC1CCCCC1C(N)CCOCC(F)(F)F. The van der Waals surface area contributed by atoms with Crippen molar-refractivity contribution in [1.82, 2.24) is 0 Å². The predicted octanol–water partition coefficient (Wildman–Crippen LogP) is 3.50. The van der Waals surface area contributed by atoms with Gasteiger partial charge in [0.25, 0.3) is 0 Å². The van der Waals surface area contributed by atoms with Gasteiger partial charge in [0.15, 0.2) is 0 Å². The molecule has 18 heavy (non-hydrogen) atoms. The molecule has 0 amide bonds. The van der Waals surface area contributed by atoms with Crippen LogP contribution in [-0.2, 0) is 4.74 Å². The summed E-state index contributed by atoms with van der Waals surface area (Å²) < 4.78 is 40.3. The van der Waals surface area contributed by atoms with Crippen LogP contribution in [0.15, 0.2) is 0 Å². The van der Waals surface area contributed by atoms with Gasteiger partial charge >= 0.3 is 6.18 Å². The average molecular weight is 267 g/mol. The van der Waals surface area contributed by atoms with Crippen molar-refractivity contribution >= 4 is 0 Å². The first-order valence-electron chi connectivity index (χ1n) is 6.84. The van der Waals surface area contributed by atoms with E-state index >= 15 is 0 Å². The molecule has 0 aromatic rings. The zero-order valence-corrected chi connectivity index (χ0v) is 11.0. The molecule has 0 heterocycles. The van der Waals surface area contributed by atoms with E-state index in [2.05, 4.69) is 11.7 Å². The molecular formula is C13H24F3NO. The summed E-state index contributed by atoms with van der Waals surface area (Å²) in [6.45, 7) is 1.10. The van der Waals surface area contributed by atoms with Gasteiger partial charge in [0.1, 0.15) is 6.61 Å². The van der Waals surface area contributed by atoms with Crippen molar-refractivity contribution in [1.29, 1.82) is 0 Å². The molecule has 1 rings (SSSR count). The minimum Gasteiger partial charge on any atom is -0.372 e. The van der Waals surface area contributed by atoms with Crippen molar-refractivity contribution < 1.29 is 17.9 Å². The molecule has 0 aromatic carbocycles. The van der Waals surface area contributed by atoms with Crippen LogP contribution in [0.1, 0.15) is 45.4 Å². The van der Waals surface area contributed by atoms with Gasteiger partial charge in [0, 0.05) is 12.6 Å². The highest BCUT2D eigenvalue weighted by Gasteiger charge is 2.30. The van der Waals surface area contributed by atoms with Gasteiger partial charge in [-0.3, -0.25) is 0 Å². The Morgan fingerprint density at radius 3 is 2.56 bits per heavy atom. The Kier molecular flexibility index (Phi) is 6.43. The molecule has 1 fully saturated rings. The van der Waals surface area contributed by atoms with Gasteiger partial charge in [0.05, 0.1) is 0 Å². The summed E-state index contributed by atoms with van der Waals surface area (Å²) in [5, 5.41) is 0. The molecule has 5 heteroatoms. The number of nitrogens with two attached hydrogens (primary N) is 1. The van der Waals surface area contributed by atoms with Crippen molar-refractivity contribution in [2.75, 3.05) is 13.2 Å². The van der Waals surface area contributed by atoms with Crippen LogP contribution in [0.4, 0.5) is 13.2 Å². The van der Waals surface area contributed by atoms with E-state index < -0.39 is 12.8 Å². The van der Waals surface area contributed by atoms with E-state index in [-0.39, 0.29) is 12.6 Å². The highest BCUT2D eigenvalue weighted by atomic mass is 19.4. The van der Waals surface area contributed by atoms with Crippen LogP contribution in [0.3, 0.4) is 0 Å². The van der Waals surface area contributed by atoms with Crippen molar-refractivity contribution in [3.8, 4) is 0 Å². The zero-order valence-electron chi connectivity index (χ0n) is 11.0. The van der Waals surface area contributed by atoms with Gasteiger partial charge in [-0.05, 0) is 24.7 Å². The maximum Gasteiger partial charge on any atom is 0.411 e. The monoisotopic (exact) mass is 267 g/mol. The normalized spacial score (nSPS) is 27.2. The lowest BCUT2D eigenvalue weighted by atomic mass is 9.73. The van der Waals surface area contributed by atoms with Gasteiger partial charge in [0.2, 0.25) is 0 Å². The number of hydrogen-bond acceptors (Lipinski definition) is 2. The first-order valence-corrected chi connectivity index (χ1v) is 6.84. The Morgan fingerprint density at radius 2 is 1.94 bits per heavy atom. The second-order valence-electron chi connectivity index (χ2n) is 5.24. The third-order valence-corrected chi connectivity index (χ3v) is 3.90. The fourth-order valence-electron chi connectivity index (χ4n) is 2.93.